The van der Waals surface area contributed by atoms with Gasteiger partial charge in [0.05, 0.1) is 79.2 Å². The number of hydrogen-bond donors (Lipinski definition) is 8. The summed E-state index contributed by atoms with van der Waals surface area (Å²) in [7, 11) is 4.70. The van der Waals surface area contributed by atoms with Crippen LogP contribution < -0.4 is 41.7 Å². The van der Waals surface area contributed by atoms with Gasteiger partial charge in [0.15, 0.2) is 6.29 Å². The molecule has 8 N–H and O–H groups in total. The van der Waals surface area contributed by atoms with Crippen LogP contribution in [0.4, 0.5) is 4.79 Å². The van der Waals surface area contributed by atoms with E-state index in [0.29, 0.717) is 29.3 Å². The van der Waals surface area contributed by atoms with Gasteiger partial charge in [0.1, 0.15) is 44.6 Å². The number of nitrogens with one attached hydrogen (secondary N) is 6. The van der Waals surface area contributed by atoms with Gasteiger partial charge in [-0.15, -0.1) is 12.4 Å². The summed E-state index contributed by atoms with van der Waals surface area (Å²) in [6, 6.07) is 34.9. The average molecular weight is 1370 g/mol. The van der Waals surface area contributed by atoms with Crippen LogP contribution in [0.2, 0.25) is 0 Å². The van der Waals surface area contributed by atoms with Gasteiger partial charge in [-0.05, 0) is 149 Å². The molecule has 1 amide bonds. The van der Waals surface area contributed by atoms with Gasteiger partial charge in [0, 0.05) is 83.0 Å². The van der Waals surface area contributed by atoms with Crippen molar-refractivity contribution >= 4 is 104 Å². The molecule has 94 heavy (non-hydrogen) atoms. The molecule has 0 aliphatic carbocycles. The first-order valence-corrected chi connectivity index (χ1v) is 29.8. The van der Waals surface area contributed by atoms with Gasteiger partial charge in [0.2, 0.25) is 5.91 Å². The summed E-state index contributed by atoms with van der Waals surface area (Å²) in [6.07, 6.45) is 11.6. The van der Waals surface area contributed by atoms with E-state index in [9.17, 15) is 24.4 Å². The summed E-state index contributed by atoms with van der Waals surface area (Å²) < 4.78 is 27.9. The first-order valence-electron chi connectivity index (χ1n) is 29.0. The molecule has 502 valence electrons. The molecule has 9 aromatic rings. The molecule has 0 spiro atoms. The van der Waals surface area contributed by atoms with Crippen LogP contribution in [0.3, 0.4) is 0 Å². The molecule has 6 aromatic heterocycles. The maximum Gasteiger partial charge on any atom is 0.506 e. The minimum Gasteiger partial charge on any atom is -0.499 e. The van der Waals surface area contributed by atoms with Crippen molar-refractivity contribution in [3.63, 3.8) is 0 Å². The number of benzene rings is 3. The lowest BCUT2D eigenvalue weighted by Crippen LogP contribution is -2.40. The van der Waals surface area contributed by atoms with Crippen LogP contribution in [0.1, 0.15) is 95.6 Å². The number of aldehydes is 1. The maximum absolute atomic E-state index is 12.2. The number of allylic oxidation sites excluding steroid dienone is 1. The van der Waals surface area contributed by atoms with Crippen molar-refractivity contribution in [3.05, 3.63) is 206 Å². The Morgan fingerprint density at radius 3 is 1.91 bits per heavy atom. The Bertz CT molecular complexity index is 4300. The predicted molar refractivity (Wildman–Crippen MR) is 387 cm³/mol. The van der Waals surface area contributed by atoms with Crippen molar-refractivity contribution in [1.29, 1.82) is 0 Å². The standard InChI is InChI=1S/C20H19N3O.C14H12N2O2.C13H16BNO4.C10H15BrN2O.C6H9N.C5H7NO2.3CH4.ClH/c1-12-8-13(2)21-16(12)10-19-20(24-3)11-18(23-19)17-9-14-6-4-5-7-15(14)22-17;1-18-14-7-12(16-13(14)8-17)11-6-9-4-2-3-5-10(9)15-11;1-13(2,3)19-12(16)15-10-7-5-4-6-9(10)8-11(15)14(17)18;1-4-13(5-2)7-8-9(14-3)6-10(11)12-8;1-5-3-6(2)7-4-5;1-8-4-2-5(7)6-3-4;;;;/h4-11,21,23H,1-3H3;2-8,15-16H,1H3;4-8,17-18H,1-3H3;6-7H,4-5H2,1-3H3;3-4,7H,1-2H3;2H,3H2,1H3,(H,6,7);3*1H4;1H/b18-17?,19-10+;;;8-7+;;;;;;. The van der Waals surface area contributed by atoms with Crippen molar-refractivity contribution < 1.29 is 48.1 Å². The van der Waals surface area contributed by atoms with Gasteiger partial charge in [0.25, 0.3) is 0 Å². The van der Waals surface area contributed by atoms with Gasteiger partial charge >= 0.3 is 13.2 Å². The number of aromatic amines is 5. The van der Waals surface area contributed by atoms with Gasteiger partial charge in [-0.2, -0.15) is 0 Å². The van der Waals surface area contributed by atoms with Gasteiger partial charge in [-0.25, -0.2) is 14.8 Å². The minimum absolute atomic E-state index is 0. The second-order valence-corrected chi connectivity index (χ2v) is 22.5. The molecule has 0 radical (unpaired) electrons. The maximum atomic E-state index is 12.2. The van der Waals surface area contributed by atoms with Gasteiger partial charge in [-0.1, -0.05) is 76.9 Å². The van der Waals surface area contributed by atoms with E-state index in [4.69, 9.17) is 28.7 Å². The Morgan fingerprint density at radius 2 is 1.39 bits per heavy atom. The Labute approximate surface area is 565 Å². The van der Waals surface area contributed by atoms with E-state index in [1.54, 1.807) is 73.5 Å². The normalized spacial score (nSPS) is 13.4. The number of ether oxygens (including phenoxy) is 5. The van der Waals surface area contributed by atoms with E-state index in [-0.39, 0.29) is 46.2 Å². The highest BCUT2D eigenvalue weighted by molar-refractivity contribution is 9.18. The number of fused-ring (bicyclic) bond motifs is 3. The number of nitrogens with zero attached hydrogens (tertiary/aromatic N) is 4. The molecule has 0 bridgehead atoms. The third kappa shape index (κ3) is 21.3. The molecule has 20 nitrogen and oxygen atoms in total. The van der Waals surface area contributed by atoms with Crippen LogP contribution >= 0.6 is 28.3 Å². The average Bonchev–Trinajstić information content (AvgIpc) is 1.66. The summed E-state index contributed by atoms with van der Waals surface area (Å²) in [5.74, 6) is 2.81. The molecule has 9 heterocycles. The molecule has 23 heteroatoms. The smallest absolute Gasteiger partial charge is 0.499 e. The minimum atomic E-state index is -1.74. The summed E-state index contributed by atoms with van der Waals surface area (Å²) in [5, 5.41) is 27.2. The number of para-hydroxylation sites is 3. The van der Waals surface area contributed by atoms with Crippen LogP contribution in [0, 0.1) is 27.7 Å². The lowest BCUT2D eigenvalue weighted by Gasteiger charge is -2.20. The monoisotopic (exact) mass is 1370 g/mol. The fourth-order valence-electron chi connectivity index (χ4n) is 9.44. The third-order valence-corrected chi connectivity index (χ3v) is 14.2. The van der Waals surface area contributed by atoms with Gasteiger partial charge in [-0.3, -0.25) is 14.2 Å². The van der Waals surface area contributed by atoms with Crippen LogP contribution in [0.15, 0.2) is 161 Å². The zero-order chi connectivity index (χ0) is 65.2. The van der Waals surface area contributed by atoms with Crippen molar-refractivity contribution in [2.24, 2.45) is 9.98 Å². The van der Waals surface area contributed by atoms with E-state index in [1.807, 2.05) is 92.1 Å². The number of aromatic nitrogens is 6. The topological polar surface area (TPSA) is 262 Å². The molecule has 0 fully saturated rings. The number of hydrogen-bond acceptors (Lipinski definition) is 13. The largest absolute Gasteiger partial charge is 0.506 e. The molecule has 0 saturated carbocycles. The van der Waals surface area contributed by atoms with E-state index in [2.05, 4.69) is 121 Å². The number of methoxy groups -OCH3 is 4. The highest BCUT2D eigenvalue weighted by atomic mass is 79.9. The first-order chi connectivity index (χ1) is 43.1. The van der Waals surface area contributed by atoms with Crippen molar-refractivity contribution in [1.82, 2.24) is 39.7 Å². The second-order valence-electron chi connectivity index (χ2n) is 21.7. The van der Waals surface area contributed by atoms with Crippen LogP contribution in [-0.2, 0) is 19.0 Å². The molecule has 12 rings (SSSR count). The Hall–Kier alpha value is -9.48. The van der Waals surface area contributed by atoms with Gasteiger partial charge < -0.3 is 68.9 Å². The van der Waals surface area contributed by atoms with Crippen molar-refractivity contribution in [3.8, 4) is 22.9 Å². The number of rotatable bonds is 11. The predicted octanol–water partition coefficient (Wildman–Crippen LogP) is 11.2. The summed E-state index contributed by atoms with van der Waals surface area (Å²) in [5.41, 5.74) is 11.1. The van der Waals surface area contributed by atoms with Crippen LogP contribution in [0.25, 0.3) is 51.0 Å². The van der Waals surface area contributed by atoms with Crippen molar-refractivity contribution in [2.45, 2.75) is 90.2 Å². The van der Waals surface area contributed by atoms with E-state index >= 15 is 0 Å². The summed E-state index contributed by atoms with van der Waals surface area (Å²) >= 11 is 3.33. The van der Waals surface area contributed by atoms with E-state index in [0.717, 1.165) is 107 Å². The highest BCUT2D eigenvalue weighted by Gasteiger charge is 2.27. The number of aliphatic imine (C=N–C) groups is 1. The number of carbonyl (C=O) groups is 3. The van der Waals surface area contributed by atoms with Crippen LogP contribution in [-0.4, -0.2) is 128 Å². The third-order valence-electron chi connectivity index (χ3n) is 13.8. The fourth-order valence-corrected chi connectivity index (χ4v) is 9.84. The zero-order valence-corrected chi connectivity index (χ0v) is 55.8. The van der Waals surface area contributed by atoms with E-state index in [1.165, 1.54) is 27.5 Å². The Balaban J connectivity index is 0.000000303. The lowest BCUT2D eigenvalue weighted by atomic mass is 9.86. The van der Waals surface area contributed by atoms with Crippen LogP contribution in [0.5, 0.6) is 11.5 Å². The number of aryl methyl sites for hydroxylation is 4. The molecule has 3 aromatic carbocycles. The SMILES string of the molecule is C.C.C.CC(C)(C)OC(=O)n1c(B(O)O)cc2ccccc21.CCN(/C=C1/N=C(Br)C=C1OC)CC.COC1=CC(=O)NC1.COc1cc(-c2cc3ccccc3[nH]2)[nH]c1C=O.COc1cc(=C2C=c3ccccc3=N2)[nH]/c1=C/c1[nH]c(C)cc1C.Cc1c[nH]c(C)c1.Cl. The zero-order valence-electron chi connectivity index (χ0n) is 53.4. The molecule has 0 saturated heterocycles. The molecular weight excluding hydrogens is 1280 g/mol. The molecular formula is C71H91BBrClN10O10. The molecule has 0 unspecified atom stereocenters. The summed E-state index contributed by atoms with van der Waals surface area (Å²) in [6.45, 7) is 20.3. The first kappa shape index (κ1) is 78.8. The number of carbonyl (C=O) groups excluding carboxylic acids is 3. The fraction of sp³-hybridized carbons (Fsp3) is 0.282. The number of H-pyrrole nitrogens is 5. The second kappa shape index (κ2) is 36.7. The number of halogens is 2. The van der Waals surface area contributed by atoms with E-state index < -0.39 is 18.8 Å². The van der Waals surface area contributed by atoms with Crippen molar-refractivity contribution in [2.75, 3.05) is 48.1 Å². The Morgan fingerprint density at radius 1 is 0.734 bits per heavy atom. The summed E-state index contributed by atoms with van der Waals surface area (Å²) in [4.78, 5) is 60.8. The Kier molecular flexibility index (Phi) is 30.7. The number of amides is 1. The molecule has 3 aliphatic heterocycles. The quantitative estimate of drug-likeness (QED) is 0.0446. The lowest BCUT2D eigenvalue weighted by molar-refractivity contribution is -0.115. The molecule has 0 atom stereocenters. The highest BCUT2D eigenvalue weighted by Crippen LogP contribution is 2.29. The molecule has 3 aliphatic rings.